The number of nitrogens with one attached hydrogen (secondary N) is 1. The zero-order chi connectivity index (χ0) is 11.4. The molecule has 1 fully saturated rings. The first kappa shape index (κ1) is 11.6. The molecule has 0 radical (unpaired) electrons. The Labute approximate surface area is 98.2 Å². The summed E-state index contributed by atoms with van der Waals surface area (Å²) >= 11 is 0. The van der Waals surface area contributed by atoms with Crippen LogP contribution in [-0.4, -0.2) is 13.1 Å². The van der Waals surface area contributed by atoms with Crippen LogP contribution in [0.1, 0.15) is 37.8 Å². The molecule has 0 bridgehead atoms. The highest BCUT2D eigenvalue weighted by Crippen LogP contribution is 2.39. The molecule has 1 unspecified atom stereocenters. The quantitative estimate of drug-likeness (QED) is 0.796. The topological polar surface area (TPSA) is 38.0 Å². The smallest absolute Gasteiger partial charge is 0.0292 e. The maximum Gasteiger partial charge on any atom is 0.0292 e. The van der Waals surface area contributed by atoms with Gasteiger partial charge in [-0.05, 0) is 37.3 Å². The van der Waals surface area contributed by atoms with Crippen molar-refractivity contribution in [2.75, 3.05) is 13.1 Å². The molecular formula is C14H22N2. The van der Waals surface area contributed by atoms with Crippen LogP contribution in [-0.2, 0) is 0 Å². The average molecular weight is 218 g/mol. The monoisotopic (exact) mass is 218 g/mol. The highest BCUT2D eigenvalue weighted by atomic mass is 14.9. The SMILES string of the molecule is CC(NCC1(CN)CCC1)c1ccccc1. The molecule has 16 heavy (non-hydrogen) atoms. The maximum atomic E-state index is 5.85. The number of hydrogen-bond donors (Lipinski definition) is 2. The molecule has 3 N–H and O–H groups in total. The summed E-state index contributed by atoms with van der Waals surface area (Å²) < 4.78 is 0. The van der Waals surface area contributed by atoms with Crippen molar-refractivity contribution in [3.8, 4) is 0 Å². The van der Waals surface area contributed by atoms with Crippen molar-refractivity contribution in [3.05, 3.63) is 35.9 Å². The Morgan fingerprint density at radius 3 is 2.50 bits per heavy atom. The van der Waals surface area contributed by atoms with Gasteiger partial charge in [-0.3, -0.25) is 0 Å². The second kappa shape index (κ2) is 4.98. The van der Waals surface area contributed by atoms with E-state index in [1.807, 2.05) is 0 Å². The third kappa shape index (κ3) is 2.45. The Morgan fingerprint density at radius 2 is 2.00 bits per heavy atom. The van der Waals surface area contributed by atoms with Crippen LogP contribution in [0.15, 0.2) is 30.3 Å². The zero-order valence-electron chi connectivity index (χ0n) is 10.1. The number of hydrogen-bond acceptors (Lipinski definition) is 2. The maximum absolute atomic E-state index is 5.85. The second-order valence-electron chi connectivity index (χ2n) is 5.07. The molecule has 1 saturated carbocycles. The van der Waals surface area contributed by atoms with Crippen LogP contribution in [0, 0.1) is 5.41 Å². The van der Waals surface area contributed by atoms with E-state index in [9.17, 15) is 0 Å². The molecule has 2 heteroatoms. The van der Waals surface area contributed by atoms with Crippen molar-refractivity contribution in [1.82, 2.24) is 5.32 Å². The largest absolute Gasteiger partial charge is 0.330 e. The second-order valence-corrected chi connectivity index (χ2v) is 5.07. The standard InChI is InChI=1S/C14H22N2/c1-12(13-6-3-2-4-7-13)16-11-14(10-15)8-5-9-14/h2-4,6-7,12,16H,5,8-11,15H2,1H3. The number of rotatable bonds is 5. The summed E-state index contributed by atoms with van der Waals surface area (Å²) in [5, 5.41) is 3.61. The van der Waals surface area contributed by atoms with Crippen molar-refractivity contribution in [1.29, 1.82) is 0 Å². The van der Waals surface area contributed by atoms with Crippen LogP contribution in [0.3, 0.4) is 0 Å². The first-order valence-corrected chi connectivity index (χ1v) is 6.24. The molecule has 1 atom stereocenters. The minimum atomic E-state index is 0.392. The first-order valence-electron chi connectivity index (χ1n) is 6.24. The van der Waals surface area contributed by atoms with Gasteiger partial charge in [0.25, 0.3) is 0 Å². The van der Waals surface area contributed by atoms with Gasteiger partial charge in [0.2, 0.25) is 0 Å². The third-order valence-electron chi connectivity index (χ3n) is 3.93. The van der Waals surface area contributed by atoms with Gasteiger partial charge in [0.15, 0.2) is 0 Å². The summed E-state index contributed by atoms with van der Waals surface area (Å²) in [7, 11) is 0. The molecule has 0 aliphatic heterocycles. The summed E-state index contributed by atoms with van der Waals surface area (Å²) in [6.07, 6.45) is 3.93. The van der Waals surface area contributed by atoms with Gasteiger partial charge in [-0.2, -0.15) is 0 Å². The lowest BCUT2D eigenvalue weighted by Crippen LogP contribution is -2.45. The normalized spacial score (nSPS) is 20.1. The van der Waals surface area contributed by atoms with Crippen LogP contribution in [0.25, 0.3) is 0 Å². The van der Waals surface area contributed by atoms with Crippen molar-refractivity contribution in [3.63, 3.8) is 0 Å². The van der Waals surface area contributed by atoms with Gasteiger partial charge < -0.3 is 11.1 Å². The van der Waals surface area contributed by atoms with Crippen LogP contribution >= 0.6 is 0 Å². The van der Waals surface area contributed by atoms with Gasteiger partial charge in [-0.15, -0.1) is 0 Å². The Kier molecular flexibility index (Phi) is 3.62. The van der Waals surface area contributed by atoms with Crippen molar-refractivity contribution in [2.24, 2.45) is 11.1 Å². The fourth-order valence-corrected chi connectivity index (χ4v) is 2.36. The van der Waals surface area contributed by atoms with E-state index < -0.39 is 0 Å². The molecule has 2 rings (SSSR count). The average Bonchev–Trinajstić information content (AvgIpc) is 2.29. The Bertz CT molecular complexity index is 311. The van der Waals surface area contributed by atoms with Gasteiger partial charge >= 0.3 is 0 Å². The zero-order valence-corrected chi connectivity index (χ0v) is 10.1. The van der Waals surface area contributed by atoms with Gasteiger partial charge in [0.1, 0.15) is 0 Å². The molecule has 88 valence electrons. The van der Waals surface area contributed by atoms with Crippen molar-refractivity contribution in [2.45, 2.75) is 32.2 Å². The first-order chi connectivity index (χ1) is 7.76. The van der Waals surface area contributed by atoms with E-state index in [1.165, 1.54) is 24.8 Å². The molecule has 0 amide bonds. The van der Waals surface area contributed by atoms with Crippen LogP contribution in [0.5, 0.6) is 0 Å². The van der Waals surface area contributed by atoms with E-state index >= 15 is 0 Å². The molecule has 1 aromatic rings. The van der Waals surface area contributed by atoms with Gasteiger partial charge in [-0.25, -0.2) is 0 Å². The van der Waals surface area contributed by atoms with E-state index in [-0.39, 0.29) is 0 Å². The van der Waals surface area contributed by atoms with Crippen molar-refractivity contribution < 1.29 is 0 Å². The Morgan fingerprint density at radius 1 is 1.31 bits per heavy atom. The Balaban J connectivity index is 1.86. The number of nitrogens with two attached hydrogens (primary N) is 1. The summed E-state index contributed by atoms with van der Waals surface area (Å²) in [5.74, 6) is 0. The molecule has 0 heterocycles. The Hall–Kier alpha value is -0.860. The molecule has 0 spiro atoms. The minimum absolute atomic E-state index is 0.392. The van der Waals surface area contributed by atoms with Crippen LogP contribution in [0.4, 0.5) is 0 Å². The lowest BCUT2D eigenvalue weighted by atomic mass is 9.68. The highest BCUT2D eigenvalue weighted by Gasteiger charge is 2.35. The van der Waals surface area contributed by atoms with Crippen LogP contribution in [0.2, 0.25) is 0 Å². The fourth-order valence-electron chi connectivity index (χ4n) is 2.36. The van der Waals surface area contributed by atoms with E-state index in [4.69, 9.17) is 5.73 Å². The predicted octanol–water partition coefficient (Wildman–Crippen LogP) is 2.47. The third-order valence-corrected chi connectivity index (χ3v) is 3.93. The van der Waals surface area contributed by atoms with E-state index in [2.05, 4.69) is 42.6 Å². The predicted molar refractivity (Wildman–Crippen MR) is 68.2 cm³/mol. The molecule has 0 saturated heterocycles. The molecule has 1 aliphatic carbocycles. The van der Waals surface area contributed by atoms with E-state index in [1.54, 1.807) is 0 Å². The molecule has 1 aromatic carbocycles. The summed E-state index contributed by atoms with van der Waals surface area (Å²) in [4.78, 5) is 0. The van der Waals surface area contributed by atoms with E-state index in [0.717, 1.165) is 13.1 Å². The number of benzene rings is 1. The molecule has 0 aromatic heterocycles. The minimum Gasteiger partial charge on any atom is -0.330 e. The van der Waals surface area contributed by atoms with Gasteiger partial charge in [0, 0.05) is 12.6 Å². The van der Waals surface area contributed by atoms with Crippen molar-refractivity contribution >= 4 is 0 Å². The summed E-state index contributed by atoms with van der Waals surface area (Å²) in [5.41, 5.74) is 7.60. The lowest BCUT2D eigenvalue weighted by Gasteiger charge is -2.42. The lowest BCUT2D eigenvalue weighted by molar-refractivity contribution is 0.136. The molecular weight excluding hydrogens is 196 g/mol. The van der Waals surface area contributed by atoms with Gasteiger partial charge in [0.05, 0.1) is 0 Å². The summed E-state index contributed by atoms with van der Waals surface area (Å²) in [6, 6.07) is 11.0. The highest BCUT2D eigenvalue weighted by molar-refractivity contribution is 5.18. The van der Waals surface area contributed by atoms with E-state index in [0.29, 0.717) is 11.5 Å². The summed E-state index contributed by atoms with van der Waals surface area (Å²) in [6.45, 7) is 4.10. The van der Waals surface area contributed by atoms with Crippen LogP contribution < -0.4 is 11.1 Å². The molecule has 2 nitrogen and oxygen atoms in total. The fraction of sp³-hybridized carbons (Fsp3) is 0.571. The molecule has 1 aliphatic rings. The van der Waals surface area contributed by atoms with Gasteiger partial charge in [-0.1, -0.05) is 36.8 Å².